The van der Waals surface area contributed by atoms with E-state index in [1.54, 1.807) is 0 Å². The zero-order valence-corrected chi connectivity index (χ0v) is 13.2. The van der Waals surface area contributed by atoms with Crippen LogP contribution in [0.5, 0.6) is 0 Å². The third-order valence-corrected chi connectivity index (χ3v) is 5.66. The van der Waals surface area contributed by atoms with E-state index in [9.17, 15) is 13.2 Å². The molecule has 3 N–H and O–H groups in total. The van der Waals surface area contributed by atoms with E-state index in [0.717, 1.165) is 0 Å². The summed E-state index contributed by atoms with van der Waals surface area (Å²) in [4.78, 5) is 11.1. The molecule has 0 saturated carbocycles. The molecule has 1 fully saturated rings. The molecule has 0 aliphatic carbocycles. The summed E-state index contributed by atoms with van der Waals surface area (Å²) >= 11 is 5.79. The van der Waals surface area contributed by atoms with Crippen molar-refractivity contribution in [2.24, 2.45) is 0 Å². The number of sulfonamides is 1. The first-order chi connectivity index (χ1) is 9.80. The zero-order chi connectivity index (χ0) is 15.6. The van der Waals surface area contributed by atoms with Crippen LogP contribution in [0.1, 0.15) is 19.8 Å². The highest BCUT2D eigenvalue weighted by atomic mass is 35.5. The highest BCUT2D eigenvalue weighted by Crippen LogP contribution is 2.27. The van der Waals surface area contributed by atoms with Crippen molar-refractivity contribution in [2.75, 3.05) is 18.8 Å². The van der Waals surface area contributed by atoms with E-state index in [1.165, 1.54) is 29.4 Å². The van der Waals surface area contributed by atoms with Crippen LogP contribution in [0.15, 0.2) is 23.1 Å². The van der Waals surface area contributed by atoms with Crippen LogP contribution < -0.4 is 11.1 Å². The van der Waals surface area contributed by atoms with Gasteiger partial charge in [-0.05, 0) is 31.0 Å². The van der Waals surface area contributed by atoms with Gasteiger partial charge in [-0.1, -0.05) is 11.6 Å². The van der Waals surface area contributed by atoms with E-state index in [1.807, 2.05) is 0 Å². The normalized spacial score (nSPS) is 17.6. The van der Waals surface area contributed by atoms with Gasteiger partial charge in [0.05, 0.1) is 5.69 Å². The van der Waals surface area contributed by atoms with E-state index in [0.29, 0.717) is 31.0 Å². The summed E-state index contributed by atoms with van der Waals surface area (Å²) in [7, 11) is -3.62. The van der Waals surface area contributed by atoms with Crippen molar-refractivity contribution < 1.29 is 13.2 Å². The molecule has 6 nitrogen and oxygen atoms in total. The molecular weight excluding hydrogens is 314 g/mol. The summed E-state index contributed by atoms with van der Waals surface area (Å²) in [5, 5.41) is 3.21. The summed E-state index contributed by atoms with van der Waals surface area (Å²) in [6, 6.07) is 4.39. The molecule has 0 radical (unpaired) electrons. The Morgan fingerprint density at radius 3 is 2.52 bits per heavy atom. The van der Waals surface area contributed by atoms with Gasteiger partial charge in [0.15, 0.2) is 0 Å². The second-order valence-electron chi connectivity index (χ2n) is 5.06. The smallest absolute Gasteiger partial charge is 0.245 e. The zero-order valence-electron chi connectivity index (χ0n) is 11.7. The number of nitrogen functional groups attached to an aromatic ring is 1. The molecule has 1 aliphatic rings. The first-order valence-electron chi connectivity index (χ1n) is 6.63. The van der Waals surface area contributed by atoms with E-state index in [4.69, 9.17) is 17.3 Å². The van der Waals surface area contributed by atoms with Crippen molar-refractivity contribution in [2.45, 2.75) is 30.7 Å². The fraction of sp³-hybridized carbons (Fsp3) is 0.462. The summed E-state index contributed by atoms with van der Waals surface area (Å²) in [5.41, 5.74) is 5.90. The largest absolute Gasteiger partial charge is 0.398 e. The average molecular weight is 332 g/mol. The quantitative estimate of drug-likeness (QED) is 0.814. The number of benzene rings is 1. The minimum Gasteiger partial charge on any atom is -0.398 e. The SMILES string of the molecule is CC(=O)NC1CCN(S(=O)(=O)c2ccc(Cl)cc2N)CC1. The Morgan fingerprint density at radius 1 is 1.38 bits per heavy atom. The number of rotatable bonds is 3. The van der Waals surface area contributed by atoms with E-state index < -0.39 is 10.0 Å². The van der Waals surface area contributed by atoms with E-state index in [-0.39, 0.29) is 22.5 Å². The minimum absolute atomic E-state index is 0.0246. The number of halogens is 1. The highest BCUT2D eigenvalue weighted by molar-refractivity contribution is 7.89. The van der Waals surface area contributed by atoms with Crippen LogP contribution in [0.4, 0.5) is 5.69 Å². The molecule has 0 aromatic heterocycles. The van der Waals surface area contributed by atoms with Gasteiger partial charge in [-0.3, -0.25) is 4.79 Å². The Labute approximate surface area is 129 Å². The summed E-state index contributed by atoms with van der Waals surface area (Å²) in [6.45, 7) is 2.17. The lowest BCUT2D eigenvalue weighted by Crippen LogP contribution is -2.46. The minimum atomic E-state index is -3.62. The van der Waals surface area contributed by atoms with Crippen molar-refractivity contribution in [3.8, 4) is 0 Å². The molecular formula is C13H18ClN3O3S. The maximum absolute atomic E-state index is 12.6. The van der Waals surface area contributed by atoms with Gasteiger partial charge >= 0.3 is 0 Å². The first-order valence-corrected chi connectivity index (χ1v) is 8.45. The van der Waals surface area contributed by atoms with Crippen molar-refractivity contribution in [1.82, 2.24) is 9.62 Å². The van der Waals surface area contributed by atoms with Crippen LogP contribution in [0.25, 0.3) is 0 Å². The number of piperidine rings is 1. The van der Waals surface area contributed by atoms with Gasteiger partial charge < -0.3 is 11.1 Å². The molecule has 1 aromatic rings. The van der Waals surface area contributed by atoms with E-state index >= 15 is 0 Å². The average Bonchev–Trinajstić information content (AvgIpc) is 2.38. The van der Waals surface area contributed by atoms with Crippen molar-refractivity contribution >= 4 is 33.2 Å². The van der Waals surface area contributed by atoms with Crippen LogP contribution in [0.3, 0.4) is 0 Å². The highest BCUT2D eigenvalue weighted by Gasteiger charge is 2.30. The molecule has 8 heteroatoms. The molecule has 116 valence electrons. The maximum Gasteiger partial charge on any atom is 0.245 e. The number of hydrogen-bond donors (Lipinski definition) is 2. The second kappa shape index (κ2) is 6.21. The number of nitrogens with two attached hydrogens (primary N) is 1. The number of nitrogens with zero attached hydrogens (tertiary/aromatic N) is 1. The molecule has 1 aromatic carbocycles. The lowest BCUT2D eigenvalue weighted by Gasteiger charge is -2.31. The molecule has 1 aliphatic heterocycles. The van der Waals surface area contributed by atoms with Crippen LogP contribution in [0, 0.1) is 0 Å². The second-order valence-corrected chi connectivity index (χ2v) is 7.40. The number of nitrogens with one attached hydrogen (secondary N) is 1. The Balaban J connectivity index is 2.13. The number of anilines is 1. The molecule has 0 unspecified atom stereocenters. The van der Waals surface area contributed by atoms with Crippen LogP contribution >= 0.6 is 11.6 Å². The Morgan fingerprint density at radius 2 is 2.00 bits per heavy atom. The first kappa shape index (κ1) is 16.1. The molecule has 0 atom stereocenters. The van der Waals surface area contributed by atoms with Gasteiger partial charge in [-0.2, -0.15) is 4.31 Å². The molecule has 0 spiro atoms. The van der Waals surface area contributed by atoms with Crippen LogP contribution in [0.2, 0.25) is 5.02 Å². The van der Waals surface area contributed by atoms with Crippen LogP contribution in [-0.4, -0.2) is 37.8 Å². The van der Waals surface area contributed by atoms with Gasteiger partial charge in [0.1, 0.15) is 4.90 Å². The Bertz CT molecular complexity index is 640. The van der Waals surface area contributed by atoms with Crippen LogP contribution in [-0.2, 0) is 14.8 Å². The predicted molar refractivity (Wildman–Crippen MR) is 81.5 cm³/mol. The van der Waals surface area contributed by atoms with Gasteiger partial charge in [0.2, 0.25) is 15.9 Å². The van der Waals surface area contributed by atoms with Crippen molar-refractivity contribution in [1.29, 1.82) is 0 Å². The maximum atomic E-state index is 12.6. The monoisotopic (exact) mass is 331 g/mol. The van der Waals surface area contributed by atoms with Crippen molar-refractivity contribution in [3.63, 3.8) is 0 Å². The third kappa shape index (κ3) is 3.66. The lowest BCUT2D eigenvalue weighted by molar-refractivity contribution is -0.119. The standard InChI is InChI=1S/C13H18ClN3O3S/c1-9(18)16-11-4-6-17(7-5-11)21(19,20)13-3-2-10(14)8-12(13)15/h2-3,8,11H,4-7,15H2,1H3,(H,16,18). The predicted octanol–water partition coefficient (Wildman–Crippen LogP) is 1.21. The fourth-order valence-electron chi connectivity index (χ4n) is 2.42. The third-order valence-electron chi connectivity index (χ3n) is 3.45. The van der Waals surface area contributed by atoms with E-state index in [2.05, 4.69) is 5.32 Å². The number of hydrogen-bond acceptors (Lipinski definition) is 4. The van der Waals surface area contributed by atoms with Gasteiger partial charge in [0.25, 0.3) is 0 Å². The number of carbonyl (C=O) groups is 1. The van der Waals surface area contributed by atoms with Gasteiger partial charge in [0, 0.05) is 31.1 Å². The summed E-state index contributed by atoms with van der Waals surface area (Å²) in [6.07, 6.45) is 1.18. The summed E-state index contributed by atoms with van der Waals surface area (Å²) in [5.74, 6) is -0.0988. The molecule has 1 amide bonds. The molecule has 1 heterocycles. The fourth-order valence-corrected chi connectivity index (χ4v) is 4.17. The Kier molecular flexibility index (Phi) is 4.75. The van der Waals surface area contributed by atoms with Crippen molar-refractivity contribution in [3.05, 3.63) is 23.2 Å². The molecule has 2 rings (SSSR count). The molecule has 21 heavy (non-hydrogen) atoms. The topological polar surface area (TPSA) is 92.5 Å². The van der Waals surface area contributed by atoms with Gasteiger partial charge in [-0.25, -0.2) is 8.42 Å². The Hall–Kier alpha value is -1.31. The number of amides is 1. The molecule has 1 saturated heterocycles. The number of carbonyl (C=O) groups excluding carboxylic acids is 1. The molecule has 0 bridgehead atoms. The lowest BCUT2D eigenvalue weighted by atomic mass is 10.1. The summed E-state index contributed by atoms with van der Waals surface area (Å²) < 4.78 is 26.5. The van der Waals surface area contributed by atoms with Gasteiger partial charge in [-0.15, -0.1) is 0 Å².